The van der Waals surface area contributed by atoms with Crippen LogP contribution in [-0.2, 0) is 0 Å². The summed E-state index contributed by atoms with van der Waals surface area (Å²) in [6, 6.07) is 0.462. The van der Waals surface area contributed by atoms with Crippen LogP contribution in [-0.4, -0.2) is 12.3 Å². The summed E-state index contributed by atoms with van der Waals surface area (Å²) < 4.78 is 0. The average Bonchev–Trinajstić information content (AvgIpc) is 1.63. The Kier molecular flexibility index (Phi) is 4.37. The van der Waals surface area contributed by atoms with Gasteiger partial charge in [-0.05, 0) is 32.4 Å². The van der Waals surface area contributed by atoms with E-state index in [-0.39, 0.29) is 0 Å². The first kappa shape index (κ1) is 8.67. The van der Waals surface area contributed by atoms with E-state index in [9.17, 15) is 0 Å². The van der Waals surface area contributed by atoms with Crippen LogP contribution in [0.3, 0.4) is 0 Å². The topological polar surface area (TPSA) is 12.4 Å². The van der Waals surface area contributed by atoms with Crippen LogP contribution in [0.15, 0.2) is 4.99 Å². The summed E-state index contributed by atoms with van der Waals surface area (Å²) in [5, 5.41) is 0. The van der Waals surface area contributed by atoms with Crippen molar-refractivity contribution in [3.8, 4) is 0 Å². The largest absolute Gasteiger partial charge is 0.295 e. The second-order valence-corrected chi connectivity index (χ2v) is 3.05. The number of hydrogen-bond acceptors (Lipinski definition) is 1. The predicted octanol–water partition coefficient (Wildman–Crippen LogP) is 2.51. The molecule has 54 valence electrons. The van der Waals surface area contributed by atoms with Gasteiger partial charge >= 0.3 is 0 Å². The van der Waals surface area contributed by atoms with Gasteiger partial charge in [0, 0.05) is 6.04 Å². The van der Waals surface area contributed by atoms with Crippen molar-refractivity contribution in [3.05, 3.63) is 0 Å². The van der Waals surface area contributed by atoms with Crippen molar-refractivity contribution in [1.29, 1.82) is 0 Å². The van der Waals surface area contributed by atoms with Gasteiger partial charge in [-0.3, -0.25) is 4.99 Å². The van der Waals surface area contributed by atoms with E-state index >= 15 is 0 Å². The number of nitrogens with zero attached hydrogens (tertiary/aromatic N) is 1. The molecule has 0 saturated carbocycles. The van der Waals surface area contributed by atoms with E-state index in [0.717, 1.165) is 12.3 Å². The fourth-order valence-electron chi connectivity index (χ4n) is 0.482. The molecule has 0 amide bonds. The zero-order valence-electron chi connectivity index (χ0n) is 6.89. The van der Waals surface area contributed by atoms with Crippen molar-refractivity contribution < 1.29 is 0 Å². The first-order chi connectivity index (χ1) is 4.13. The molecule has 0 fully saturated rings. The summed E-state index contributed by atoms with van der Waals surface area (Å²) >= 11 is 0. The Bertz CT molecular complexity index is 82.6. The molecule has 0 unspecified atom stereocenters. The maximum atomic E-state index is 4.24. The van der Waals surface area contributed by atoms with Gasteiger partial charge in [0.05, 0.1) is 0 Å². The Hall–Kier alpha value is -0.330. The maximum absolute atomic E-state index is 4.24. The monoisotopic (exact) mass is 127 g/mol. The predicted molar refractivity (Wildman–Crippen MR) is 43.1 cm³/mol. The minimum Gasteiger partial charge on any atom is -0.295 e. The van der Waals surface area contributed by atoms with Gasteiger partial charge in [0.15, 0.2) is 0 Å². The van der Waals surface area contributed by atoms with Crippen LogP contribution in [0.5, 0.6) is 0 Å². The normalized spacial score (nSPS) is 12.2. The molecule has 9 heavy (non-hydrogen) atoms. The molecule has 0 spiro atoms. The lowest BCUT2D eigenvalue weighted by molar-refractivity contribution is 0.685. The maximum Gasteiger partial charge on any atom is 0.0439 e. The van der Waals surface area contributed by atoms with Crippen LogP contribution in [0.25, 0.3) is 0 Å². The summed E-state index contributed by atoms with van der Waals surface area (Å²) in [6.45, 7) is 8.59. The highest BCUT2D eigenvalue weighted by atomic mass is 14.7. The third-order valence-corrected chi connectivity index (χ3v) is 0.980. The Morgan fingerprint density at radius 2 is 1.78 bits per heavy atom. The van der Waals surface area contributed by atoms with Crippen LogP contribution in [0.1, 0.15) is 34.1 Å². The van der Waals surface area contributed by atoms with Crippen molar-refractivity contribution in [3.63, 3.8) is 0 Å². The molecule has 0 bridgehead atoms. The smallest absolute Gasteiger partial charge is 0.0439 e. The molecule has 0 radical (unpaired) electrons. The molecular weight excluding hydrogens is 110 g/mol. The third kappa shape index (κ3) is 7.67. The quantitative estimate of drug-likeness (QED) is 0.516. The molecule has 0 aliphatic rings. The summed E-state index contributed by atoms with van der Waals surface area (Å²) in [5.41, 5.74) is 0. The van der Waals surface area contributed by atoms with E-state index in [0.29, 0.717) is 6.04 Å². The van der Waals surface area contributed by atoms with Gasteiger partial charge in [-0.25, -0.2) is 0 Å². The molecule has 0 atom stereocenters. The van der Waals surface area contributed by atoms with Crippen molar-refractivity contribution in [2.24, 2.45) is 10.9 Å². The van der Waals surface area contributed by atoms with Crippen LogP contribution in [0, 0.1) is 5.92 Å². The van der Waals surface area contributed by atoms with Gasteiger partial charge in [0.2, 0.25) is 0 Å². The standard InChI is InChI=1S/C8H17N/c1-7(2)5-6-9-8(3)4/h6-8H,5H2,1-4H3. The Morgan fingerprint density at radius 3 is 2.11 bits per heavy atom. The fourth-order valence-corrected chi connectivity index (χ4v) is 0.482. The lowest BCUT2D eigenvalue weighted by atomic mass is 10.1. The highest BCUT2D eigenvalue weighted by Crippen LogP contribution is 1.95. The van der Waals surface area contributed by atoms with E-state index in [1.165, 1.54) is 0 Å². The molecule has 0 saturated heterocycles. The van der Waals surface area contributed by atoms with Crippen molar-refractivity contribution >= 4 is 6.21 Å². The summed E-state index contributed by atoms with van der Waals surface area (Å²) in [4.78, 5) is 4.24. The molecule has 0 aliphatic heterocycles. The Balaban J connectivity index is 3.25. The molecule has 1 heteroatoms. The fraction of sp³-hybridized carbons (Fsp3) is 0.875. The third-order valence-electron chi connectivity index (χ3n) is 0.980. The molecule has 0 heterocycles. The molecular formula is C8H17N. The first-order valence-electron chi connectivity index (χ1n) is 3.64. The summed E-state index contributed by atoms with van der Waals surface area (Å²) in [6.07, 6.45) is 3.13. The molecule has 0 aromatic carbocycles. The van der Waals surface area contributed by atoms with E-state index < -0.39 is 0 Å². The SMILES string of the molecule is CC(C)CC=NC(C)C. The van der Waals surface area contributed by atoms with Gasteiger partial charge < -0.3 is 0 Å². The van der Waals surface area contributed by atoms with Gasteiger partial charge in [-0.1, -0.05) is 13.8 Å². The highest BCUT2D eigenvalue weighted by molar-refractivity contribution is 5.57. The van der Waals surface area contributed by atoms with Crippen LogP contribution in [0.4, 0.5) is 0 Å². The van der Waals surface area contributed by atoms with Crippen LogP contribution < -0.4 is 0 Å². The van der Waals surface area contributed by atoms with E-state index in [4.69, 9.17) is 0 Å². The molecule has 0 aromatic rings. The minimum absolute atomic E-state index is 0.462. The van der Waals surface area contributed by atoms with Crippen molar-refractivity contribution in [1.82, 2.24) is 0 Å². The molecule has 0 aromatic heterocycles. The molecule has 1 nitrogen and oxygen atoms in total. The average molecular weight is 127 g/mol. The van der Waals surface area contributed by atoms with Crippen LogP contribution >= 0.6 is 0 Å². The Labute approximate surface area is 58.2 Å². The first-order valence-corrected chi connectivity index (χ1v) is 3.64. The minimum atomic E-state index is 0.462. The Morgan fingerprint density at radius 1 is 1.22 bits per heavy atom. The van der Waals surface area contributed by atoms with E-state index in [1.54, 1.807) is 0 Å². The number of aliphatic imine (C=N–C) groups is 1. The van der Waals surface area contributed by atoms with E-state index in [1.807, 2.05) is 6.21 Å². The highest BCUT2D eigenvalue weighted by Gasteiger charge is 1.88. The van der Waals surface area contributed by atoms with Crippen LogP contribution in [0.2, 0.25) is 0 Å². The lowest BCUT2D eigenvalue weighted by Crippen LogP contribution is -1.92. The van der Waals surface area contributed by atoms with Gasteiger partial charge in [0.1, 0.15) is 0 Å². The molecule has 0 rings (SSSR count). The summed E-state index contributed by atoms with van der Waals surface area (Å²) in [7, 11) is 0. The number of rotatable bonds is 3. The van der Waals surface area contributed by atoms with Gasteiger partial charge in [-0.2, -0.15) is 0 Å². The van der Waals surface area contributed by atoms with Crippen molar-refractivity contribution in [2.45, 2.75) is 40.2 Å². The second-order valence-electron chi connectivity index (χ2n) is 3.05. The zero-order chi connectivity index (χ0) is 7.28. The number of hydrogen-bond donors (Lipinski definition) is 0. The van der Waals surface area contributed by atoms with Crippen molar-refractivity contribution in [2.75, 3.05) is 0 Å². The van der Waals surface area contributed by atoms with Gasteiger partial charge in [0.25, 0.3) is 0 Å². The second kappa shape index (κ2) is 4.54. The van der Waals surface area contributed by atoms with Gasteiger partial charge in [-0.15, -0.1) is 0 Å². The molecule has 0 N–H and O–H groups in total. The van der Waals surface area contributed by atoms with E-state index in [2.05, 4.69) is 32.7 Å². The molecule has 0 aliphatic carbocycles. The zero-order valence-corrected chi connectivity index (χ0v) is 6.89. The lowest BCUT2D eigenvalue weighted by Gasteiger charge is -1.97. The summed E-state index contributed by atoms with van der Waals surface area (Å²) in [5.74, 6) is 0.743.